The Hall–Kier alpha value is -2.11. The lowest BCUT2D eigenvalue weighted by molar-refractivity contribution is 1.02. The fourth-order valence-electron chi connectivity index (χ4n) is 2.58. The number of hydrogen-bond donors (Lipinski definition) is 1. The van der Waals surface area contributed by atoms with E-state index in [4.69, 9.17) is 4.98 Å². The van der Waals surface area contributed by atoms with E-state index in [9.17, 15) is 0 Å². The quantitative estimate of drug-likeness (QED) is 0.508. The summed E-state index contributed by atoms with van der Waals surface area (Å²) in [6.07, 6.45) is 2.08. The van der Waals surface area contributed by atoms with Crippen molar-refractivity contribution in [2.45, 2.75) is 6.54 Å². The molecule has 0 spiro atoms. The van der Waals surface area contributed by atoms with Crippen molar-refractivity contribution in [2.75, 3.05) is 5.32 Å². The summed E-state index contributed by atoms with van der Waals surface area (Å²) in [4.78, 5) is 5.83. The van der Waals surface area contributed by atoms with Crippen molar-refractivity contribution < 1.29 is 0 Å². The van der Waals surface area contributed by atoms with Gasteiger partial charge in [-0.15, -0.1) is 11.3 Å². The van der Waals surface area contributed by atoms with E-state index < -0.39 is 0 Å². The van der Waals surface area contributed by atoms with E-state index in [2.05, 4.69) is 73.6 Å². The maximum atomic E-state index is 4.80. The Morgan fingerprint density at radius 3 is 2.61 bits per heavy atom. The summed E-state index contributed by atoms with van der Waals surface area (Å²) >= 11 is 5.12. The number of fused-ring (bicyclic) bond motifs is 1. The second kappa shape index (κ2) is 6.18. The van der Waals surface area contributed by atoms with Crippen LogP contribution in [0.2, 0.25) is 0 Å². The van der Waals surface area contributed by atoms with Crippen LogP contribution >= 0.6 is 27.3 Å². The van der Waals surface area contributed by atoms with E-state index in [1.54, 1.807) is 11.3 Å². The second-order valence-corrected chi connectivity index (χ2v) is 6.98. The van der Waals surface area contributed by atoms with Gasteiger partial charge in [-0.25, -0.2) is 4.98 Å². The van der Waals surface area contributed by atoms with Crippen LogP contribution in [0.1, 0.15) is 5.69 Å². The number of halogens is 1. The van der Waals surface area contributed by atoms with Gasteiger partial charge in [0.15, 0.2) is 4.96 Å². The lowest BCUT2D eigenvalue weighted by atomic mass is 10.1. The maximum Gasteiger partial charge on any atom is 0.194 e. The first-order chi connectivity index (χ1) is 11.3. The minimum atomic E-state index is 0.726. The zero-order valence-corrected chi connectivity index (χ0v) is 14.6. The summed E-state index contributed by atoms with van der Waals surface area (Å²) in [6, 6.07) is 18.6. The second-order valence-electron chi connectivity index (χ2n) is 5.19. The number of nitrogens with zero attached hydrogens (tertiary/aromatic N) is 2. The van der Waals surface area contributed by atoms with E-state index in [-0.39, 0.29) is 0 Å². The van der Waals surface area contributed by atoms with Crippen LogP contribution in [0.15, 0.2) is 70.6 Å². The number of hydrogen-bond acceptors (Lipinski definition) is 3. The highest BCUT2D eigenvalue weighted by Gasteiger charge is 2.14. The summed E-state index contributed by atoms with van der Waals surface area (Å²) in [5.74, 6) is 0. The Morgan fingerprint density at radius 1 is 1.04 bits per heavy atom. The molecule has 0 amide bonds. The standard InChI is InChI=1S/C18H14BrN3S/c19-14-6-8-15(9-7-14)20-12-16-17(13-4-2-1-3-5-13)21-18-22(16)10-11-23-18/h1-11,20H,12H2. The molecule has 0 bridgehead atoms. The van der Waals surface area contributed by atoms with Crippen LogP contribution in [0.3, 0.4) is 0 Å². The van der Waals surface area contributed by atoms with Gasteiger partial charge in [0.05, 0.1) is 17.9 Å². The zero-order chi connectivity index (χ0) is 15.6. The molecule has 2 heterocycles. The zero-order valence-electron chi connectivity index (χ0n) is 12.2. The van der Waals surface area contributed by atoms with Gasteiger partial charge in [-0.05, 0) is 24.3 Å². The molecule has 114 valence electrons. The molecule has 5 heteroatoms. The molecule has 0 aliphatic heterocycles. The van der Waals surface area contributed by atoms with Gasteiger partial charge in [-0.3, -0.25) is 4.40 Å². The van der Waals surface area contributed by atoms with Gasteiger partial charge in [-0.1, -0.05) is 46.3 Å². The van der Waals surface area contributed by atoms with E-state index in [1.165, 1.54) is 5.69 Å². The fraction of sp³-hybridized carbons (Fsp3) is 0.0556. The lowest BCUT2D eigenvalue weighted by Crippen LogP contribution is -2.03. The van der Waals surface area contributed by atoms with Gasteiger partial charge in [0.1, 0.15) is 0 Å². The molecule has 4 aromatic rings. The number of benzene rings is 2. The average molecular weight is 384 g/mol. The van der Waals surface area contributed by atoms with Crippen molar-refractivity contribution in [1.82, 2.24) is 9.38 Å². The van der Waals surface area contributed by atoms with E-state index in [1.807, 2.05) is 18.2 Å². The summed E-state index contributed by atoms with van der Waals surface area (Å²) in [6.45, 7) is 0.726. The maximum absolute atomic E-state index is 4.80. The molecule has 0 saturated heterocycles. The Bertz CT molecular complexity index is 926. The molecule has 0 atom stereocenters. The molecule has 0 saturated carbocycles. The van der Waals surface area contributed by atoms with E-state index in [0.717, 1.165) is 32.9 Å². The largest absolute Gasteiger partial charge is 0.379 e. The number of rotatable bonds is 4. The minimum absolute atomic E-state index is 0.726. The van der Waals surface area contributed by atoms with Gasteiger partial charge in [0.2, 0.25) is 0 Å². The molecule has 0 fully saturated rings. The molecular formula is C18H14BrN3S. The van der Waals surface area contributed by atoms with Crippen LogP contribution in [0.5, 0.6) is 0 Å². The summed E-state index contributed by atoms with van der Waals surface area (Å²) in [5.41, 5.74) is 4.46. The van der Waals surface area contributed by atoms with Crippen molar-refractivity contribution in [1.29, 1.82) is 0 Å². The Labute approximate surface area is 146 Å². The smallest absolute Gasteiger partial charge is 0.194 e. The monoisotopic (exact) mass is 383 g/mol. The van der Waals surface area contributed by atoms with Crippen LogP contribution in [0, 0.1) is 0 Å². The van der Waals surface area contributed by atoms with Crippen LogP contribution in [0.4, 0.5) is 5.69 Å². The molecule has 4 rings (SSSR count). The third-order valence-electron chi connectivity index (χ3n) is 3.71. The van der Waals surface area contributed by atoms with Crippen molar-refractivity contribution >= 4 is 37.9 Å². The molecule has 23 heavy (non-hydrogen) atoms. The molecule has 0 radical (unpaired) electrons. The first-order valence-electron chi connectivity index (χ1n) is 7.30. The van der Waals surface area contributed by atoms with Gasteiger partial charge in [0, 0.05) is 27.3 Å². The molecule has 2 aromatic heterocycles. The van der Waals surface area contributed by atoms with Crippen LogP contribution < -0.4 is 5.32 Å². The summed E-state index contributed by atoms with van der Waals surface area (Å²) < 4.78 is 3.25. The molecule has 2 aromatic carbocycles. The number of nitrogens with one attached hydrogen (secondary N) is 1. The number of imidazole rings is 1. The van der Waals surface area contributed by atoms with Crippen molar-refractivity contribution in [3.05, 3.63) is 76.3 Å². The number of anilines is 1. The average Bonchev–Trinajstić information content (AvgIpc) is 3.17. The van der Waals surface area contributed by atoms with Crippen LogP contribution in [-0.4, -0.2) is 9.38 Å². The van der Waals surface area contributed by atoms with Crippen LogP contribution in [0.25, 0.3) is 16.2 Å². The topological polar surface area (TPSA) is 29.3 Å². The summed E-state index contributed by atoms with van der Waals surface area (Å²) in [7, 11) is 0. The predicted octanol–water partition coefficient (Wildman–Crippen LogP) is 5.44. The molecular weight excluding hydrogens is 370 g/mol. The summed E-state index contributed by atoms with van der Waals surface area (Å²) in [5, 5.41) is 5.56. The van der Waals surface area contributed by atoms with Gasteiger partial charge >= 0.3 is 0 Å². The highest BCUT2D eigenvalue weighted by atomic mass is 79.9. The minimum Gasteiger partial charge on any atom is -0.379 e. The fourth-order valence-corrected chi connectivity index (χ4v) is 3.58. The van der Waals surface area contributed by atoms with Crippen molar-refractivity contribution in [3.63, 3.8) is 0 Å². The lowest BCUT2D eigenvalue weighted by Gasteiger charge is -2.08. The van der Waals surface area contributed by atoms with Gasteiger partial charge in [-0.2, -0.15) is 0 Å². The number of thiazole rings is 1. The molecule has 1 N–H and O–H groups in total. The Balaban J connectivity index is 1.70. The molecule has 0 aliphatic carbocycles. The van der Waals surface area contributed by atoms with Crippen LogP contribution in [-0.2, 0) is 6.54 Å². The first kappa shape index (κ1) is 14.5. The predicted molar refractivity (Wildman–Crippen MR) is 100.0 cm³/mol. The molecule has 0 unspecified atom stereocenters. The van der Waals surface area contributed by atoms with Crippen molar-refractivity contribution in [3.8, 4) is 11.3 Å². The highest BCUT2D eigenvalue weighted by molar-refractivity contribution is 9.10. The highest BCUT2D eigenvalue weighted by Crippen LogP contribution is 2.27. The van der Waals surface area contributed by atoms with Gasteiger partial charge < -0.3 is 5.32 Å². The van der Waals surface area contributed by atoms with Gasteiger partial charge in [0.25, 0.3) is 0 Å². The van der Waals surface area contributed by atoms with Crippen molar-refractivity contribution in [2.24, 2.45) is 0 Å². The van der Waals surface area contributed by atoms with E-state index >= 15 is 0 Å². The third-order valence-corrected chi connectivity index (χ3v) is 5.00. The number of aromatic nitrogens is 2. The molecule has 0 aliphatic rings. The SMILES string of the molecule is Brc1ccc(NCc2c(-c3ccccc3)nc3sccn23)cc1. The first-order valence-corrected chi connectivity index (χ1v) is 8.98. The Morgan fingerprint density at radius 2 is 1.83 bits per heavy atom. The third kappa shape index (κ3) is 2.90. The van der Waals surface area contributed by atoms with E-state index in [0.29, 0.717) is 0 Å². The normalized spacial score (nSPS) is 11.0. The Kier molecular flexibility index (Phi) is 3.89. The molecule has 3 nitrogen and oxygen atoms in total.